The van der Waals surface area contributed by atoms with Gasteiger partial charge in [0.25, 0.3) is 5.91 Å². The fourth-order valence-electron chi connectivity index (χ4n) is 3.52. The summed E-state index contributed by atoms with van der Waals surface area (Å²) in [6.07, 6.45) is 4.42. The second-order valence-electron chi connectivity index (χ2n) is 7.26. The van der Waals surface area contributed by atoms with Crippen LogP contribution in [-0.4, -0.2) is 31.7 Å². The molecule has 0 fully saturated rings. The van der Waals surface area contributed by atoms with Crippen LogP contribution in [0.5, 0.6) is 0 Å². The lowest BCUT2D eigenvalue weighted by atomic mass is 10.1. The maximum atomic E-state index is 13.6. The normalized spacial score (nSPS) is 11.0. The molecule has 4 rings (SSSR count). The molecular formula is C24H24N4O. The average molecular weight is 384 g/mol. The van der Waals surface area contributed by atoms with Crippen LogP contribution in [0.2, 0.25) is 0 Å². The molecule has 146 valence electrons. The molecule has 0 aliphatic heterocycles. The summed E-state index contributed by atoms with van der Waals surface area (Å²) >= 11 is 0. The molecule has 0 spiro atoms. The Bertz CT molecular complexity index is 1120. The molecule has 3 aromatic heterocycles. The van der Waals surface area contributed by atoms with Gasteiger partial charge in [0.2, 0.25) is 0 Å². The molecule has 5 nitrogen and oxygen atoms in total. The average Bonchev–Trinajstić information content (AvgIpc) is 3.06. The van der Waals surface area contributed by atoms with Crippen LogP contribution in [0.4, 0.5) is 0 Å². The lowest BCUT2D eigenvalue weighted by Gasteiger charge is -2.23. The Hall–Kier alpha value is -3.47. The Kier molecular flexibility index (Phi) is 5.38. The first-order valence-corrected chi connectivity index (χ1v) is 9.80. The van der Waals surface area contributed by atoms with Gasteiger partial charge in [-0.3, -0.25) is 14.2 Å². The molecular weight excluding hydrogens is 360 g/mol. The molecule has 0 saturated heterocycles. The molecule has 5 heteroatoms. The van der Waals surface area contributed by atoms with Gasteiger partial charge in [-0.25, -0.2) is 4.98 Å². The van der Waals surface area contributed by atoms with Crippen molar-refractivity contribution in [2.75, 3.05) is 6.54 Å². The lowest BCUT2D eigenvalue weighted by Crippen LogP contribution is -2.34. The standard InChI is InChI=1S/C24H24N4O/c1-18-11-15-28-22(16-18)26-19(2)23(28)24(29)27(17-20-8-4-3-5-9-20)14-12-21-10-6-7-13-25-21/h3-11,13,15-16H,12,14,17H2,1-2H3. The van der Waals surface area contributed by atoms with Gasteiger partial charge in [-0.1, -0.05) is 36.4 Å². The van der Waals surface area contributed by atoms with Crippen LogP contribution in [0.1, 0.15) is 33.0 Å². The monoisotopic (exact) mass is 384 g/mol. The smallest absolute Gasteiger partial charge is 0.273 e. The van der Waals surface area contributed by atoms with E-state index in [2.05, 4.69) is 9.97 Å². The predicted molar refractivity (Wildman–Crippen MR) is 114 cm³/mol. The van der Waals surface area contributed by atoms with Gasteiger partial charge in [0.15, 0.2) is 0 Å². The maximum absolute atomic E-state index is 13.6. The maximum Gasteiger partial charge on any atom is 0.273 e. The highest BCUT2D eigenvalue weighted by molar-refractivity contribution is 5.94. The Labute approximate surface area is 170 Å². The molecule has 0 saturated carbocycles. The van der Waals surface area contributed by atoms with Crippen LogP contribution in [0, 0.1) is 13.8 Å². The van der Waals surface area contributed by atoms with Crippen molar-refractivity contribution in [1.82, 2.24) is 19.3 Å². The number of fused-ring (bicyclic) bond motifs is 1. The SMILES string of the molecule is Cc1ccn2c(C(=O)N(CCc3ccccn3)Cc3ccccc3)c(C)nc2c1. The van der Waals surface area contributed by atoms with Gasteiger partial charge in [0, 0.05) is 37.6 Å². The van der Waals surface area contributed by atoms with E-state index >= 15 is 0 Å². The largest absolute Gasteiger partial charge is 0.333 e. The van der Waals surface area contributed by atoms with E-state index in [0.717, 1.165) is 28.2 Å². The van der Waals surface area contributed by atoms with E-state index in [1.54, 1.807) is 6.20 Å². The Morgan fingerprint density at radius 1 is 1.03 bits per heavy atom. The number of hydrogen-bond acceptors (Lipinski definition) is 3. The van der Waals surface area contributed by atoms with Crippen molar-refractivity contribution in [2.24, 2.45) is 0 Å². The fraction of sp³-hybridized carbons (Fsp3) is 0.208. The molecule has 1 aromatic carbocycles. The molecule has 0 bridgehead atoms. The molecule has 0 radical (unpaired) electrons. The van der Waals surface area contributed by atoms with Crippen molar-refractivity contribution in [3.63, 3.8) is 0 Å². The second-order valence-corrected chi connectivity index (χ2v) is 7.26. The number of rotatable bonds is 6. The third-order valence-corrected chi connectivity index (χ3v) is 5.03. The van der Waals surface area contributed by atoms with Crippen molar-refractivity contribution < 1.29 is 4.79 Å². The second kappa shape index (κ2) is 8.27. The summed E-state index contributed by atoms with van der Waals surface area (Å²) in [5, 5.41) is 0. The third kappa shape index (κ3) is 4.19. The van der Waals surface area contributed by atoms with Crippen LogP contribution < -0.4 is 0 Å². The number of aromatic nitrogens is 3. The summed E-state index contributed by atoms with van der Waals surface area (Å²) in [6.45, 7) is 5.06. The van der Waals surface area contributed by atoms with E-state index < -0.39 is 0 Å². The van der Waals surface area contributed by atoms with Crippen molar-refractivity contribution >= 4 is 11.6 Å². The van der Waals surface area contributed by atoms with Crippen LogP contribution in [0.3, 0.4) is 0 Å². The zero-order valence-corrected chi connectivity index (χ0v) is 16.7. The molecule has 3 heterocycles. The van der Waals surface area contributed by atoms with E-state index in [1.807, 2.05) is 90.0 Å². The van der Waals surface area contributed by atoms with Crippen molar-refractivity contribution in [1.29, 1.82) is 0 Å². The van der Waals surface area contributed by atoms with E-state index in [-0.39, 0.29) is 5.91 Å². The number of carbonyl (C=O) groups excluding carboxylic acids is 1. The number of aryl methyl sites for hydroxylation is 2. The van der Waals surface area contributed by atoms with Crippen LogP contribution in [0.15, 0.2) is 73.1 Å². The lowest BCUT2D eigenvalue weighted by molar-refractivity contribution is 0.0737. The van der Waals surface area contributed by atoms with E-state index in [4.69, 9.17) is 0 Å². The highest BCUT2D eigenvalue weighted by Crippen LogP contribution is 2.18. The van der Waals surface area contributed by atoms with Crippen molar-refractivity contribution in [2.45, 2.75) is 26.8 Å². The zero-order chi connectivity index (χ0) is 20.2. The highest BCUT2D eigenvalue weighted by Gasteiger charge is 2.23. The Morgan fingerprint density at radius 3 is 2.59 bits per heavy atom. The minimum atomic E-state index is -0.0152. The molecule has 1 amide bonds. The zero-order valence-electron chi connectivity index (χ0n) is 16.7. The molecule has 4 aromatic rings. The van der Waals surface area contributed by atoms with Gasteiger partial charge >= 0.3 is 0 Å². The highest BCUT2D eigenvalue weighted by atomic mass is 16.2. The first-order chi connectivity index (χ1) is 14.1. The number of benzene rings is 1. The number of hydrogen-bond donors (Lipinski definition) is 0. The summed E-state index contributed by atoms with van der Waals surface area (Å²) in [4.78, 5) is 24.5. The molecule has 0 atom stereocenters. The first kappa shape index (κ1) is 18.9. The van der Waals surface area contributed by atoms with E-state index in [9.17, 15) is 4.79 Å². The topological polar surface area (TPSA) is 50.5 Å². The third-order valence-electron chi connectivity index (χ3n) is 5.03. The molecule has 0 N–H and O–H groups in total. The Morgan fingerprint density at radius 2 is 1.83 bits per heavy atom. The molecule has 0 unspecified atom stereocenters. The quantitative estimate of drug-likeness (QED) is 0.500. The van der Waals surface area contributed by atoms with Crippen molar-refractivity contribution in [3.8, 4) is 0 Å². The summed E-state index contributed by atoms with van der Waals surface area (Å²) in [5.41, 5.74) is 5.37. The number of pyridine rings is 2. The number of carbonyl (C=O) groups is 1. The minimum absolute atomic E-state index is 0.0152. The van der Waals surface area contributed by atoms with Gasteiger partial charge in [0.1, 0.15) is 11.3 Å². The van der Waals surface area contributed by atoms with Crippen LogP contribution in [-0.2, 0) is 13.0 Å². The summed E-state index contributed by atoms with van der Waals surface area (Å²) < 4.78 is 1.89. The molecule has 29 heavy (non-hydrogen) atoms. The van der Waals surface area contributed by atoms with Gasteiger partial charge in [-0.15, -0.1) is 0 Å². The first-order valence-electron chi connectivity index (χ1n) is 9.80. The fourth-order valence-corrected chi connectivity index (χ4v) is 3.52. The number of imidazole rings is 1. The summed E-state index contributed by atoms with van der Waals surface area (Å²) in [7, 11) is 0. The predicted octanol–water partition coefficient (Wildman–Crippen LogP) is 4.23. The molecule has 0 aliphatic rings. The van der Waals surface area contributed by atoms with Gasteiger partial charge in [-0.2, -0.15) is 0 Å². The minimum Gasteiger partial charge on any atom is -0.333 e. The van der Waals surface area contributed by atoms with Gasteiger partial charge in [-0.05, 0) is 49.2 Å². The van der Waals surface area contributed by atoms with Crippen molar-refractivity contribution in [3.05, 3.63) is 101 Å². The van der Waals surface area contributed by atoms with Gasteiger partial charge < -0.3 is 4.90 Å². The van der Waals surface area contributed by atoms with E-state index in [0.29, 0.717) is 25.2 Å². The summed E-state index contributed by atoms with van der Waals surface area (Å²) in [6, 6.07) is 20.0. The van der Waals surface area contributed by atoms with Gasteiger partial charge in [0.05, 0.1) is 5.69 Å². The summed E-state index contributed by atoms with van der Waals surface area (Å²) in [5.74, 6) is -0.0152. The number of amides is 1. The van der Waals surface area contributed by atoms with E-state index in [1.165, 1.54) is 0 Å². The van der Waals surface area contributed by atoms with Crippen LogP contribution in [0.25, 0.3) is 5.65 Å². The number of nitrogens with zero attached hydrogens (tertiary/aromatic N) is 4. The molecule has 0 aliphatic carbocycles. The van der Waals surface area contributed by atoms with Crippen LogP contribution >= 0.6 is 0 Å². The Balaban J connectivity index is 1.66.